The average molecular weight is 411 g/mol. The van der Waals surface area contributed by atoms with E-state index in [0.29, 0.717) is 12.4 Å². The molecule has 0 fully saturated rings. The maximum atomic E-state index is 12.3. The lowest BCUT2D eigenvalue weighted by atomic mass is 10.0. The van der Waals surface area contributed by atoms with Crippen molar-refractivity contribution in [1.82, 2.24) is 19.9 Å². The van der Waals surface area contributed by atoms with E-state index in [-0.39, 0.29) is 5.56 Å². The van der Waals surface area contributed by atoms with Crippen molar-refractivity contribution >= 4 is 15.9 Å². The highest BCUT2D eigenvalue weighted by atomic mass is 79.9. The third kappa shape index (κ3) is 3.48. The van der Waals surface area contributed by atoms with Crippen LogP contribution in [0.2, 0.25) is 0 Å². The molecule has 0 saturated carbocycles. The summed E-state index contributed by atoms with van der Waals surface area (Å²) in [5, 5.41) is 0. The van der Waals surface area contributed by atoms with Gasteiger partial charge in [-0.25, -0.2) is 4.98 Å². The minimum Gasteiger partial charge on any atom is -0.310 e. The second-order valence-electron chi connectivity index (χ2n) is 6.58. The molecule has 1 aliphatic heterocycles. The molecule has 0 aliphatic carbocycles. The van der Waals surface area contributed by atoms with E-state index in [1.54, 1.807) is 0 Å². The van der Waals surface area contributed by atoms with Crippen LogP contribution in [0, 0.1) is 6.92 Å². The third-order valence-electron chi connectivity index (χ3n) is 4.70. The molecule has 0 spiro atoms. The van der Waals surface area contributed by atoms with Gasteiger partial charge >= 0.3 is 0 Å². The standard InChI is InChI=1S/C20H19BrN4O/c1-13-23-19-6-8-25(12-18(19)20(26)24-13)11-15-10-22-7-5-17(15)14-3-2-4-16(21)9-14/h2-5,7,9-10H,6,8,11-12H2,1H3,(H,23,24,26). The summed E-state index contributed by atoms with van der Waals surface area (Å²) in [6.45, 7) is 4.08. The molecule has 0 amide bonds. The molecule has 26 heavy (non-hydrogen) atoms. The van der Waals surface area contributed by atoms with Crippen LogP contribution in [0.4, 0.5) is 0 Å². The number of aryl methyl sites for hydroxylation is 1. The molecule has 132 valence electrons. The first kappa shape index (κ1) is 17.1. The highest BCUT2D eigenvalue weighted by Gasteiger charge is 2.21. The van der Waals surface area contributed by atoms with Gasteiger partial charge in [-0.3, -0.25) is 14.7 Å². The van der Waals surface area contributed by atoms with Crippen LogP contribution in [0.15, 0.2) is 52.0 Å². The van der Waals surface area contributed by atoms with Gasteiger partial charge in [0.15, 0.2) is 0 Å². The molecule has 4 rings (SSSR count). The molecule has 0 radical (unpaired) electrons. The van der Waals surface area contributed by atoms with E-state index >= 15 is 0 Å². The van der Waals surface area contributed by atoms with Crippen molar-refractivity contribution in [2.75, 3.05) is 6.54 Å². The van der Waals surface area contributed by atoms with Crippen molar-refractivity contribution in [3.05, 3.63) is 80.2 Å². The molecular weight excluding hydrogens is 392 g/mol. The first-order valence-corrected chi connectivity index (χ1v) is 9.39. The molecule has 3 aromatic rings. The predicted molar refractivity (Wildman–Crippen MR) is 105 cm³/mol. The lowest BCUT2D eigenvalue weighted by Gasteiger charge is -2.28. The predicted octanol–water partition coefficient (Wildman–Crippen LogP) is 3.46. The third-order valence-corrected chi connectivity index (χ3v) is 5.19. The Morgan fingerprint density at radius 1 is 1.31 bits per heavy atom. The molecule has 0 unspecified atom stereocenters. The minimum atomic E-state index is -0.0180. The van der Waals surface area contributed by atoms with Gasteiger partial charge in [-0.1, -0.05) is 28.1 Å². The van der Waals surface area contributed by atoms with Gasteiger partial charge in [0.1, 0.15) is 5.82 Å². The molecular formula is C20H19BrN4O. The van der Waals surface area contributed by atoms with Crippen molar-refractivity contribution < 1.29 is 0 Å². The summed E-state index contributed by atoms with van der Waals surface area (Å²) in [5.74, 6) is 0.686. The zero-order valence-corrected chi connectivity index (χ0v) is 16.1. The van der Waals surface area contributed by atoms with Gasteiger partial charge in [0, 0.05) is 42.9 Å². The Hall–Kier alpha value is -2.31. The molecule has 2 aromatic heterocycles. The van der Waals surface area contributed by atoms with E-state index in [0.717, 1.165) is 46.4 Å². The number of halogens is 1. The summed E-state index contributed by atoms with van der Waals surface area (Å²) in [7, 11) is 0. The number of pyridine rings is 1. The molecule has 3 heterocycles. The Kier molecular flexibility index (Phi) is 4.70. The quantitative estimate of drug-likeness (QED) is 0.717. The summed E-state index contributed by atoms with van der Waals surface area (Å²) < 4.78 is 1.05. The fourth-order valence-corrected chi connectivity index (χ4v) is 3.87. The summed E-state index contributed by atoms with van der Waals surface area (Å²) in [6, 6.07) is 10.3. The van der Waals surface area contributed by atoms with Crippen molar-refractivity contribution in [2.45, 2.75) is 26.4 Å². The summed E-state index contributed by atoms with van der Waals surface area (Å²) in [4.78, 5) is 26.2. The van der Waals surface area contributed by atoms with Crippen LogP contribution in [0.3, 0.4) is 0 Å². The largest absolute Gasteiger partial charge is 0.310 e. The monoisotopic (exact) mass is 410 g/mol. The molecule has 1 N–H and O–H groups in total. The van der Waals surface area contributed by atoms with Crippen LogP contribution < -0.4 is 5.56 Å². The van der Waals surface area contributed by atoms with Gasteiger partial charge in [-0.2, -0.15) is 0 Å². The topological polar surface area (TPSA) is 61.9 Å². The van der Waals surface area contributed by atoms with E-state index in [1.807, 2.05) is 37.5 Å². The fourth-order valence-electron chi connectivity index (χ4n) is 3.47. The van der Waals surface area contributed by atoms with Crippen molar-refractivity contribution in [3.63, 3.8) is 0 Å². The second-order valence-corrected chi connectivity index (χ2v) is 7.50. The zero-order chi connectivity index (χ0) is 18.1. The van der Waals surface area contributed by atoms with Crippen molar-refractivity contribution in [3.8, 4) is 11.1 Å². The summed E-state index contributed by atoms with van der Waals surface area (Å²) in [6.07, 6.45) is 4.54. The maximum Gasteiger partial charge on any atom is 0.255 e. The maximum absolute atomic E-state index is 12.3. The van der Waals surface area contributed by atoms with E-state index in [2.05, 4.69) is 47.9 Å². The molecule has 5 nitrogen and oxygen atoms in total. The minimum absolute atomic E-state index is 0.0180. The first-order valence-electron chi connectivity index (χ1n) is 8.60. The van der Waals surface area contributed by atoms with E-state index < -0.39 is 0 Å². The number of nitrogens with one attached hydrogen (secondary N) is 1. The number of nitrogens with zero attached hydrogens (tertiary/aromatic N) is 3. The Bertz CT molecular complexity index is 1010. The van der Waals surface area contributed by atoms with Crippen LogP contribution in [0.1, 0.15) is 22.6 Å². The Balaban J connectivity index is 1.62. The second kappa shape index (κ2) is 7.13. The Labute approximate surface area is 160 Å². The number of H-pyrrole nitrogens is 1. The van der Waals surface area contributed by atoms with Gasteiger partial charge in [-0.05, 0) is 41.8 Å². The van der Waals surface area contributed by atoms with Crippen LogP contribution in [0.5, 0.6) is 0 Å². The molecule has 0 atom stereocenters. The molecule has 0 saturated heterocycles. The zero-order valence-electron chi connectivity index (χ0n) is 14.5. The van der Waals surface area contributed by atoms with Gasteiger partial charge in [0.2, 0.25) is 0 Å². The van der Waals surface area contributed by atoms with Crippen LogP contribution in [-0.4, -0.2) is 26.4 Å². The van der Waals surface area contributed by atoms with E-state index in [1.165, 1.54) is 5.56 Å². The average Bonchev–Trinajstić information content (AvgIpc) is 2.63. The highest BCUT2D eigenvalue weighted by molar-refractivity contribution is 9.10. The van der Waals surface area contributed by atoms with Crippen molar-refractivity contribution in [2.24, 2.45) is 0 Å². The smallest absolute Gasteiger partial charge is 0.255 e. The number of benzene rings is 1. The Morgan fingerprint density at radius 3 is 3.04 bits per heavy atom. The highest BCUT2D eigenvalue weighted by Crippen LogP contribution is 2.27. The summed E-state index contributed by atoms with van der Waals surface area (Å²) >= 11 is 3.54. The van der Waals surface area contributed by atoms with E-state index in [9.17, 15) is 4.79 Å². The van der Waals surface area contributed by atoms with E-state index in [4.69, 9.17) is 0 Å². The molecule has 0 bridgehead atoms. The number of fused-ring (bicyclic) bond motifs is 1. The summed E-state index contributed by atoms with van der Waals surface area (Å²) in [5.41, 5.74) is 5.18. The molecule has 1 aromatic carbocycles. The van der Waals surface area contributed by atoms with Crippen LogP contribution >= 0.6 is 15.9 Å². The normalized spacial score (nSPS) is 14.2. The Morgan fingerprint density at radius 2 is 2.19 bits per heavy atom. The molecule has 6 heteroatoms. The van der Waals surface area contributed by atoms with Gasteiger partial charge in [0.25, 0.3) is 5.56 Å². The van der Waals surface area contributed by atoms with Gasteiger partial charge in [-0.15, -0.1) is 0 Å². The number of aromatic amines is 1. The fraction of sp³-hybridized carbons (Fsp3) is 0.250. The number of hydrogen-bond donors (Lipinski definition) is 1. The van der Waals surface area contributed by atoms with Crippen LogP contribution in [0.25, 0.3) is 11.1 Å². The lowest BCUT2D eigenvalue weighted by Crippen LogP contribution is -2.35. The van der Waals surface area contributed by atoms with Gasteiger partial charge < -0.3 is 4.98 Å². The van der Waals surface area contributed by atoms with Crippen LogP contribution in [-0.2, 0) is 19.5 Å². The first-order chi connectivity index (χ1) is 12.6. The number of rotatable bonds is 3. The van der Waals surface area contributed by atoms with Crippen molar-refractivity contribution in [1.29, 1.82) is 0 Å². The number of aromatic nitrogens is 3. The number of hydrogen-bond acceptors (Lipinski definition) is 4. The van der Waals surface area contributed by atoms with Gasteiger partial charge in [0.05, 0.1) is 11.3 Å². The molecule has 1 aliphatic rings. The lowest BCUT2D eigenvalue weighted by molar-refractivity contribution is 0.241. The SMILES string of the molecule is Cc1nc2c(c(=O)[nH]1)CN(Cc1cnccc1-c1cccc(Br)c1)CC2.